The van der Waals surface area contributed by atoms with E-state index in [4.69, 9.17) is 8.23 Å². The molecule has 0 aliphatic rings. The van der Waals surface area contributed by atoms with Gasteiger partial charge in [0.2, 0.25) is 0 Å². The lowest BCUT2D eigenvalue weighted by Crippen LogP contribution is -2.33. The minimum atomic E-state index is -1.27. The van der Waals surface area contributed by atoms with Crippen LogP contribution in [0.4, 0.5) is 0 Å². The first-order valence-corrected chi connectivity index (χ1v) is 15.6. The van der Waals surface area contributed by atoms with Crippen LogP contribution in [0.3, 0.4) is 0 Å². The summed E-state index contributed by atoms with van der Waals surface area (Å²) in [6.07, 6.45) is 0. The summed E-state index contributed by atoms with van der Waals surface area (Å²) in [6.45, 7) is 13.7. The summed E-state index contributed by atoms with van der Waals surface area (Å²) in [5.74, 6) is 0. The van der Waals surface area contributed by atoms with E-state index >= 15 is 0 Å². The molecule has 0 aliphatic heterocycles. The Balaban J connectivity index is 3.54. The Labute approximate surface area is 95.9 Å². The first-order chi connectivity index (χ1) is 6.27. The zero-order valence-electron chi connectivity index (χ0n) is 10.6. The van der Waals surface area contributed by atoms with Crippen molar-refractivity contribution in [2.45, 2.75) is 51.4 Å². The topological polar surface area (TPSA) is 18.5 Å². The Morgan fingerprint density at radius 2 is 1.57 bits per heavy atom. The summed E-state index contributed by atoms with van der Waals surface area (Å²) in [5.41, 5.74) is 0. The molecular weight excluding hydrogens is 240 g/mol. The Morgan fingerprint density at radius 3 is 2.00 bits per heavy atom. The van der Waals surface area contributed by atoms with Crippen molar-refractivity contribution < 1.29 is 8.23 Å². The molecule has 0 N–H and O–H groups in total. The van der Waals surface area contributed by atoms with E-state index in [1.807, 2.05) is 0 Å². The van der Waals surface area contributed by atoms with Crippen molar-refractivity contribution in [3.05, 3.63) is 0 Å². The lowest BCUT2D eigenvalue weighted by Gasteiger charge is -2.23. The Kier molecular flexibility index (Phi) is 6.75. The Bertz CT molecular complexity index is 156. The van der Waals surface area contributed by atoms with Gasteiger partial charge in [-0.15, -0.1) is 0 Å². The van der Waals surface area contributed by atoms with E-state index in [1.165, 1.54) is 12.1 Å². The summed E-state index contributed by atoms with van der Waals surface area (Å²) in [6, 6.07) is 2.63. The molecule has 0 aromatic carbocycles. The van der Waals surface area contributed by atoms with Crippen LogP contribution >= 0.6 is 0 Å². The molecular formula is C8H26O2Si4. The van der Waals surface area contributed by atoms with Crippen molar-refractivity contribution in [1.29, 1.82) is 0 Å². The third kappa shape index (κ3) is 9.35. The van der Waals surface area contributed by atoms with Gasteiger partial charge in [0.05, 0.1) is 0 Å². The van der Waals surface area contributed by atoms with Crippen molar-refractivity contribution >= 4 is 36.2 Å². The van der Waals surface area contributed by atoms with Gasteiger partial charge in [0.15, 0.2) is 16.6 Å². The highest BCUT2D eigenvalue weighted by atomic mass is 28.4. The minimum absolute atomic E-state index is 0.207. The summed E-state index contributed by atoms with van der Waals surface area (Å²) < 4.78 is 11.9. The van der Waals surface area contributed by atoms with Crippen LogP contribution in [-0.2, 0) is 8.23 Å². The molecule has 0 radical (unpaired) electrons. The molecule has 0 fully saturated rings. The fourth-order valence-corrected chi connectivity index (χ4v) is 12.1. The summed E-state index contributed by atoms with van der Waals surface area (Å²) >= 11 is 0. The highest BCUT2D eigenvalue weighted by molar-refractivity contribution is 6.76. The predicted octanol–water partition coefficient (Wildman–Crippen LogP) is 1.69. The fraction of sp³-hybridized carbons (Fsp3) is 1.00. The molecule has 86 valence electrons. The molecule has 0 aromatic heterocycles. The van der Waals surface area contributed by atoms with Gasteiger partial charge in [-0.1, -0.05) is 6.55 Å². The van der Waals surface area contributed by atoms with Crippen LogP contribution in [0.2, 0.25) is 51.4 Å². The van der Waals surface area contributed by atoms with Crippen molar-refractivity contribution in [1.82, 2.24) is 0 Å². The van der Waals surface area contributed by atoms with Gasteiger partial charge in [0, 0.05) is 0 Å². The molecule has 0 heterocycles. The number of rotatable bonds is 7. The predicted molar refractivity (Wildman–Crippen MR) is 75.6 cm³/mol. The minimum Gasteiger partial charge on any atom is -0.461 e. The molecule has 0 saturated carbocycles. The number of hydrogen-bond acceptors (Lipinski definition) is 2. The lowest BCUT2D eigenvalue weighted by atomic mass is 10.9. The molecule has 0 rings (SSSR count). The molecule has 0 saturated heterocycles. The highest BCUT2D eigenvalue weighted by Gasteiger charge is 2.21. The van der Waals surface area contributed by atoms with Crippen LogP contribution in [0, 0.1) is 0 Å². The van der Waals surface area contributed by atoms with Crippen LogP contribution in [0.1, 0.15) is 0 Å². The van der Waals surface area contributed by atoms with Gasteiger partial charge in [-0.2, -0.15) is 0 Å². The molecule has 0 unspecified atom stereocenters. The van der Waals surface area contributed by atoms with Crippen molar-refractivity contribution in [2.75, 3.05) is 0 Å². The zero-order chi connectivity index (χ0) is 11.2. The molecule has 2 nitrogen and oxygen atoms in total. The quantitative estimate of drug-likeness (QED) is 0.516. The van der Waals surface area contributed by atoms with Crippen LogP contribution in [-0.4, -0.2) is 36.2 Å². The van der Waals surface area contributed by atoms with Crippen LogP contribution in [0.5, 0.6) is 0 Å². The van der Waals surface area contributed by atoms with E-state index in [1.54, 1.807) is 0 Å². The Morgan fingerprint density at radius 1 is 1.00 bits per heavy atom. The Hall–Kier alpha value is 0.788. The average molecular weight is 267 g/mol. The van der Waals surface area contributed by atoms with Gasteiger partial charge in [0.1, 0.15) is 19.5 Å². The molecule has 14 heavy (non-hydrogen) atoms. The lowest BCUT2D eigenvalue weighted by molar-refractivity contribution is 0.579. The van der Waals surface area contributed by atoms with Gasteiger partial charge in [-0.05, 0) is 44.8 Å². The second-order valence-corrected chi connectivity index (χ2v) is 17.5. The third-order valence-electron chi connectivity index (χ3n) is 1.99. The van der Waals surface area contributed by atoms with Gasteiger partial charge in [0.25, 0.3) is 0 Å². The first-order valence-electron chi connectivity index (χ1n) is 5.55. The van der Waals surface area contributed by atoms with E-state index < -0.39 is 16.6 Å². The number of hydrogen-bond donors (Lipinski definition) is 0. The maximum atomic E-state index is 5.96. The van der Waals surface area contributed by atoms with Gasteiger partial charge >= 0.3 is 0 Å². The molecule has 0 bridgehead atoms. The maximum Gasteiger partial charge on any atom is 0.172 e. The summed E-state index contributed by atoms with van der Waals surface area (Å²) in [7, 11) is -2.96. The van der Waals surface area contributed by atoms with Gasteiger partial charge < -0.3 is 8.23 Å². The maximum absolute atomic E-state index is 5.96. The van der Waals surface area contributed by atoms with E-state index in [0.717, 1.165) is 0 Å². The fourth-order valence-electron chi connectivity index (χ4n) is 1.34. The van der Waals surface area contributed by atoms with E-state index in [-0.39, 0.29) is 19.5 Å². The molecule has 0 amide bonds. The summed E-state index contributed by atoms with van der Waals surface area (Å²) in [5, 5.41) is 0. The van der Waals surface area contributed by atoms with Crippen molar-refractivity contribution in [3.8, 4) is 0 Å². The van der Waals surface area contributed by atoms with E-state index in [9.17, 15) is 0 Å². The van der Waals surface area contributed by atoms with Crippen molar-refractivity contribution in [3.63, 3.8) is 0 Å². The molecule has 0 atom stereocenters. The normalized spacial score (nSPS) is 15.0. The molecule has 0 aliphatic carbocycles. The smallest absolute Gasteiger partial charge is 0.172 e. The SMILES string of the molecule is C[SiH2]O[Si](C)(C)CC[SiH2]O[Si](C)(C)C. The molecule has 0 spiro atoms. The highest BCUT2D eigenvalue weighted by Crippen LogP contribution is 2.14. The van der Waals surface area contributed by atoms with Crippen molar-refractivity contribution in [2.24, 2.45) is 0 Å². The second-order valence-electron chi connectivity index (χ2n) is 5.26. The molecule has 6 heteroatoms. The molecule has 0 aromatic rings. The van der Waals surface area contributed by atoms with Gasteiger partial charge in [-0.25, -0.2) is 0 Å². The van der Waals surface area contributed by atoms with Crippen LogP contribution in [0.25, 0.3) is 0 Å². The second kappa shape index (κ2) is 6.39. The average Bonchev–Trinajstić information content (AvgIpc) is 1.96. The van der Waals surface area contributed by atoms with Crippen LogP contribution in [0.15, 0.2) is 0 Å². The first kappa shape index (κ1) is 14.8. The summed E-state index contributed by atoms with van der Waals surface area (Å²) in [4.78, 5) is 0. The standard InChI is InChI=1S/C8H26O2Si4/c1-11-9-14(5,6)8-7-12-10-13(2,3)4/h7-8,11-12H2,1-6H3. The van der Waals surface area contributed by atoms with E-state index in [2.05, 4.69) is 39.3 Å². The monoisotopic (exact) mass is 266 g/mol. The van der Waals surface area contributed by atoms with Crippen LogP contribution < -0.4 is 0 Å². The largest absolute Gasteiger partial charge is 0.461 e. The van der Waals surface area contributed by atoms with E-state index in [0.29, 0.717) is 0 Å². The third-order valence-corrected chi connectivity index (χ3v) is 13.5. The van der Waals surface area contributed by atoms with Gasteiger partial charge in [-0.3, -0.25) is 0 Å². The zero-order valence-corrected chi connectivity index (χ0v) is 15.5.